The number of carbonyl (C=O) groups is 2. The van der Waals surface area contributed by atoms with Gasteiger partial charge in [0.15, 0.2) is 0 Å². The minimum Gasteiger partial charge on any atom is -0.352 e. The number of nitro groups is 1. The van der Waals surface area contributed by atoms with Crippen molar-refractivity contribution in [2.45, 2.75) is 62.6 Å². The lowest BCUT2D eigenvalue weighted by Crippen LogP contribution is -2.53. The first-order valence-corrected chi connectivity index (χ1v) is 15.1. The number of hydrogen-bond acceptors (Lipinski definition) is 6. The van der Waals surface area contributed by atoms with Crippen LogP contribution in [0.15, 0.2) is 89.8 Å². The second-order valence-corrected chi connectivity index (χ2v) is 11.9. The van der Waals surface area contributed by atoms with Gasteiger partial charge < -0.3 is 10.2 Å². The number of anilines is 1. The minimum absolute atomic E-state index is 0.0354. The Morgan fingerprint density at radius 3 is 2.10 bits per heavy atom. The molecule has 1 fully saturated rings. The highest BCUT2D eigenvalue weighted by Gasteiger charge is 2.34. The van der Waals surface area contributed by atoms with Crippen molar-refractivity contribution >= 4 is 33.2 Å². The van der Waals surface area contributed by atoms with Gasteiger partial charge in [-0.25, -0.2) is 8.42 Å². The predicted octanol–water partition coefficient (Wildman–Crippen LogP) is 4.66. The number of carbonyl (C=O) groups excluding carboxylic acids is 2. The third-order valence-electron chi connectivity index (χ3n) is 7.24. The lowest BCUT2D eigenvalue weighted by Gasteiger charge is -2.33. The molecule has 2 amide bonds. The van der Waals surface area contributed by atoms with Crippen molar-refractivity contribution in [1.29, 1.82) is 0 Å². The van der Waals surface area contributed by atoms with Crippen LogP contribution in [0.5, 0.6) is 0 Å². The molecule has 1 atom stereocenters. The van der Waals surface area contributed by atoms with Gasteiger partial charge in [-0.2, -0.15) is 0 Å². The molecule has 216 valence electrons. The van der Waals surface area contributed by atoms with Crippen LogP contribution in [0, 0.1) is 10.1 Å². The monoisotopic (exact) mass is 578 g/mol. The zero-order chi connectivity index (χ0) is 29.4. The Morgan fingerprint density at radius 2 is 1.54 bits per heavy atom. The summed E-state index contributed by atoms with van der Waals surface area (Å²) in [6.07, 6.45) is 4.18. The smallest absolute Gasteiger partial charge is 0.269 e. The van der Waals surface area contributed by atoms with E-state index in [1.807, 2.05) is 37.3 Å². The van der Waals surface area contributed by atoms with Gasteiger partial charge in [0.05, 0.1) is 15.5 Å². The van der Waals surface area contributed by atoms with Crippen LogP contribution in [-0.2, 0) is 26.2 Å². The third kappa shape index (κ3) is 7.29. The summed E-state index contributed by atoms with van der Waals surface area (Å²) in [4.78, 5) is 39.5. The summed E-state index contributed by atoms with van der Waals surface area (Å²) in [7, 11) is -4.24. The first-order valence-electron chi connectivity index (χ1n) is 13.7. The van der Waals surface area contributed by atoms with Crippen LogP contribution in [0.1, 0.15) is 44.6 Å². The van der Waals surface area contributed by atoms with E-state index in [9.17, 15) is 28.1 Å². The van der Waals surface area contributed by atoms with Crippen molar-refractivity contribution in [1.82, 2.24) is 10.2 Å². The first-order chi connectivity index (χ1) is 19.7. The number of nitrogens with one attached hydrogen (secondary N) is 1. The van der Waals surface area contributed by atoms with Crippen molar-refractivity contribution in [2.75, 3.05) is 10.8 Å². The largest absolute Gasteiger partial charge is 0.352 e. The fourth-order valence-corrected chi connectivity index (χ4v) is 6.49. The molecule has 0 radical (unpaired) electrons. The molecule has 0 aliphatic heterocycles. The lowest BCUT2D eigenvalue weighted by atomic mass is 10.1. The summed E-state index contributed by atoms with van der Waals surface area (Å²) in [6, 6.07) is 21.1. The summed E-state index contributed by atoms with van der Waals surface area (Å²) in [5.41, 5.74) is 0.675. The summed E-state index contributed by atoms with van der Waals surface area (Å²) < 4.78 is 28.6. The zero-order valence-corrected chi connectivity index (χ0v) is 23.7. The number of nitro benzene ring substituents is 1. The van der Waals surface area contributed by atoms with Crippen LogP contribution in [0.4, 0.5) is 11.4 Å². The minimum atomic E-state index is -4.24. The van der Waals surface area contributed by atoms with Gasteiger partial charge in [0.2, 0.25) is 11.8 Å². The van der Waals surface area contributed by atoms with Gasteiger partial charge in [0.25, 0.3) is 15.7 Å². The number of hydrogen-bond donors (Lipinski definition) is 1. The Kier molecular flexibility index (Phi) is 9.72. The van der Waals surface area contributed by atoms with Gasteiger partial charge in [-0.3, -0.25) is 24.0 Å². The zero-order valence-electron chi connectivity index (χ0n) is 22.9. The maximum atomic E-state index is 14.1. The van der Waals surface area contributed by atoms with Crippen molar-refractivity contribution in [3.05, 3.63) is 101 Å². The molecule has 1 aliphatic rings. The van der Waals surface area contributed by atoms with Crippen molar-refractivity contribution < 1.29 is 22.9 Å². The second-order valence-electron chi connectivity index (χ2n) is 10.0. The van der Waals surface area contributed by atoms with E-state index in [0.717, 1.165) is 35.6 Å². The molecule has 3 aromatic rings. The first kappa shape index (κ1) is 29.7. The molecule has 0 spiro atoms. The molecule has 3 aromatic carbocycles. The molecule has 4 rings (SSSR count). The van der Waals surface area contributed by atoms with Crippen molar-refractivity contribution in [2.24, 2.45) is 0 Å². The molecule has 0 aromatic heterocycles. The topological polar surface area (TPSA) is 130 Å². The van der Waals surface area contributed by atoms with E-state index in [2.05, 4.69) is 5.32 Å². The Labute approximate surface area is 240 Å². The summed E-state index contributed by atoms with van der Waals surface area (Å²) in [5, 5.41) is 14.3. The third-order valence-corrected chi connectivity index (χ3v) is 9.03. The summed E-state index contributed by atoms with van der Waals surface area (Å²) >= 11 is 0. The highest BCUT2D eigenvalue weighted by Crippen LogP contribution is 2.27. The van der Waals surface area contributed by atoms with E-state index >= 15 is 0 Å². The number of non-ortho nitro benzene ring substituents is 1. The van der Waals surface area contributed by atoms with Crippen molar-refractivity contribution in [3.8, 4) is 0 Å². The Bertz CT molecular complexity index is 1440. The molecule has 10 nitrogen and oxygen atoms in total. The number of nitrogens with zero attached hydrogens (tertiary/aromatic N) is 3. The van der Waals surface area contributed by atoms with Gasteiger partial charge in [0.1, 0.15) is 12.6 Å². The fourth-order valence-electron chi connectivity index (χ4n) is 5.06. The van der Waals surface area contributed by atoms with Gasteiger partial charge in [-0.1, -0.05) is 68.3 Å². The maximum absolute atomic E-state index is 14.1. The van der Waals surface area contributed by atoms with Gasteiger partial charge in [-0.05, 0) is 49.1 Å². The predicted molar refractivity (Wildman–Crippen MR) is 156 cm³/mol. The average Bonchev–Trinajstić information content (AvgIpc) is 3.49. The molecule has 1 saturated carbocycles. The fraction of sp³-hybridized carbons (Fsp3) is 0.333. The molecule has 1 unspecified atom stereocenters. The van der Waals surface area contributed by atoms with E-state index in [0.29, 0.717) is 6.42 Å². The van der Waals surface area contributed by atoms with Crippen LogP contribution < -0.4 is 9.62 Å². The highest BCUT2D eigenvalue weighted by molar-refractivity contribution is 7.92. The van der Waals surface area contributed by atoms with Gasteiger partial charge >= 0.3 is 0 Å². The van der Waals surface area contributed by atoms with Crippen LogP contribution in [-0.4, -0.2) is 48.7 Å². The normalized spacial score (nSPS) is 14.3. The second kappa shape index (κ2) is 13.4. The number of amides is 2. The molecule has 41 heavy (non-hydrogen) atoms. The van der Waals surface area contributed by atoms with E-state index in [1.54, 1.807) is 18.2 Å². The van der Waals surface area contributed by atoms with Crippen LogP contribution >= 0.6 is 0 Å². The van der Waals surface area contributed by atoms with E-state index in [4.69, 9.17) is 0 Å². The van der Waals surface area contributed by atoms with E-state index < -0.39 is 33.4 Å². The molecular formula is C30H34N4O6S. The molecule has 0 bridgehead atoms. The van der Waals surface area contributed by atoms with Crippen LogP contribution in [0.25, 0.3) is 0 Å². The molecular weight excluding hydrogens is 544 g/mol. The van der Waals surface area contributed by atoms with E-state index in [1.165, 1.54) is 41.3 Å². The lowest BCUT2D eigenvalue weighted by molar-refractivity contribution is -0.384. The molecule has 0 heterocycles. The summed E-state index contributed by atoms with van der Waals surface area (Å²) in [6.45, 7) is 1.32. The molecule has 11 heteroatoms. The van der Waals surface area contributed by atoms with Gasteiger partial charge in [0, 0.05) is 24.7 Å². The number of sulfonamides is 1. The quantitative estimate of drug-likeness (QED) is 0.246. The van der Waals surface area contributed by atoms with Crippen LogP contribution in [0.3, 0.4) is 0 Å². The standard InChI is InChI=1S/C30H34N4O6S/c1-2-28(30(36)31-24-13-9-10-14-24)32(21-23-11-5-3-6-12-23)29(35)22-33(25-17-19-26(20-18-25)34(37)38)41(39,40)27-15-7-4-8-16-27/h3-8,11-12,15-20,24,28H,2,9-10,13-14,21-22H2,1H3,(H,31,36). The SMILES string of the molecule is CCC(C(=O)NC1CCCC1)N(Cc1ccccc1)C(=O)CN(c1ccc([N+](=O)[O-])cc1)S(=O)(=O)c1ccccc1. The highest BCUT2D eigenvalue weighted by atomic mass is 32.2. The Morgan fingerprint density at radius 1 is 0.951 bits per heavy atom. The number of rotatable bonds is 12. The molecule has 1 N–H and O–H groups in total. The van der Waals surface area contributed by atoms with E-state index in [-0.39, 0.29) is 34.8 Å². The summed E-state index contributed by atoms with van der Waals surface area (Å²) in [5.74, 6) is -0.836. The van der Waals surface area contributed by atoms with Crippen molar-refractivity contribution in [3.63, 3.8) is 0 Å². The number of benzene rings is 3. The van der Waals surface area contributed by atoms with Gasteiger partial charge in [-0.15, -0.1) is 0 Å². The molecule has 0 saturated heterocycles. The Balaban J connectivity index is 1.70. The van der Waals surface area contributed by atoms with Crippen LogP contribution in [0.2, 0.25) is 0 Å². The maximum Gasteiger partial charge on any atom is 0.269 e. The molecule has 1 aliphatic carbocycles. The average molecular weight is 579 g/mol. The Hall–Kier alpha value is -4.25.